The van der Waals surface area contributed by atoms with Gasteiger partial charge in [0.25, 0.3) is 0 Å². The van der Waals surface area contributed by atoms with E-state index in [1.807, 2.05) is 0 Å². The van der Waals surface area contributed by atoms with Crippen LogP contribution >= 0.6 is 0 Å². The highest BCUT2D eigenvalue weighted by Crippen LogP contribution is 2.30. The maximum absolute atomic E-state index is 11.3. The van der Waals surface area contributed by atoms with Crippen LogP contribution < -0.4 is 11.0 Å². The van der Waals surface area contributed by atoms with E-state index in [4.69, 9.17) is 0 Å². The molecule has 1 saturated carbocycles. The monoisotopic (exact) mass is 249 g/mol. The van der Waals surface area contributed by atoms with E-state index in [1.165, 1.54) is 38.5 Å². The second kappa shape index (κ2) is 6.57. The number of aromatic amines is 1. The van der Waals surface area contributed by atoms with Crippen LogP contribution in [-0.2, 0) is 6.42 Å². The number of H-pyrrole nitrogens is 1. The standard InChI is InChI=1S/C14H23N3O/c1-2-3-4-8-15-13-10-16-14(18)17-12(13)9-11-6-5-7-11/h10-11,15H,2-9H2,1H3,(H,16,17,18). The zero-order chi connectivity index (χ0) is 12.8. The minimum atomic E-state index is -0.233. The summed E-state index contributed by atoms with van der Waals surface area (Å²) in [7, 11) is 0. The van der Waals surface area contributed by atoms with Crippen molar-refractivity contribution in [3.05, 3.63) is 22.4 Å². The van der Waals surface area contributed by atoms with Gasteiger partial charge >= 0.3 is 5.69 Å². The molecular formula is C14H23N3O. The van der Waals surface area contributed by atoms with Gasteiger partial charge in [-0.15, -0.1) is 0 Å². The SMILES string of the molecule is CCCCCNc1cnc(=O)[nH]c1CC1CCC1. The van der Waals surface area contributed by atoms with E-state index >= 15 is 0 Å². The van der Waals surface area contributed by atoms with Crippen LogP contribution in [0.5, 0.6) is 0 Å². The summed E-state index contributed by atoms with van der Waals surface area (Å²) < 4.78 is 0. The third kappa shape index (κ3) is 3.59. The Morgan fingerprint density at radius 1 is 1.44 bits per heavy atom. The number of nitrogens with zero attached hydrogens (tertiary/aromatic N) is 1. The Morgan fingerprint density at radius 3 is 2.94 bits per heavy atom. The molecule has 4 heteroatoms. The molecule has 2 rings (SSSR count). The molecule has 1 fully saturated rings. The van der Waals surface area contributed by atoms with Gasteiger partial charge in [0.2, 0.25) is 0 Å². The number of unbranched alkanes of at least 4 members (excludes halogenated alkanes) is 2. The normalized spacial score (nSPS) is 15.4. The van der Waals surface area contributed by atoms with Crippen LogP contribution in [0.4, 0.5) is 5.69 Å². The number of anilines is 1. The smallest absolute Gasteiger partial charge is 0.345 e. The second-order valence-electron chi connectivity index (χ2n) is 5.22. The molecule has 4 nitrogen and oxygen atoms in total. The zero-order valence-electron chi connectivity index (χ0n) is 11.2. The topological polar surface area (TPSA) is 57.8 Å². The predicted octanol–water partition coefficient (Wildman–Crippen LogP) is 2.71. The second-order valence-corrected chi connectivity index (χ2v) is 5.22. The highest BCUT2D eigenvalue weighted by Gasteiger charge is 2.19. The molecule has 0 spiro atoms. The van der Waals surface area contributed by atoms with Gasteiger partial charge in [0.1, 0.15) is 0 Å². The lowest BCUT2D eigenvalue weighted by Gasteiger charge is -2.25. The highest BCUT2D eigenvalue weighted by atomic mass is 16.1. The molecule has 100 valence electrons. The maximum Gasteiger partial charge on any atom is 0.345 e. The molecule has 0 unspecified atom stereocenters. The van der Waals surface area contributed by atoms with Gasteiger partial charge in [-0.2, -0.15) is 4.98 Å². The van der Waals surface area contributed by atoms with Gasteiger partial charge in [-0.1, -0.05) is 39.0 Å². The largest absolute Gasteiger partial charge is 0.382 e. The van der Waals surface area contributed by atoms with Crippen molar-refractivity contribution in [2.75, 3.05) is 11.9 Å². The molecule has 0 aromatic carbocycles. The molecule has 1 heterocycles. The van der Waals surface area contributed by atoms with E-state index in [0.29, 0.717) is 0 Å². The van der Waals surface area contributed by atoms with Crippen molar-refractivity contribution in [3.8, 4) is 0 Å². The molecule has 1 aromatic heterocycles. The fraction of sp³-hybridized carbons (Fsp3) is 0.714. The van der Waals surface area contributed by atoms with E-state index in [2.05, 4.69) is 22.2 Å². The summed E-state index contributed by atoms with van der Waals surface area (Å²) in [6.07, 6.45) is 10.2. The first-order valence-corrected chi connectivity index (χ1v) is 7.11. The Balaban J connectivity index is 1.95. The number of rotatable bonds is 7. The summed E-state index contributed by atoms with van der Waals surface area (Å²) in [6.45, 7) is 3.16. The molecule has 0 bridgehead atoms. The first kappa shape index (κ1) is 13.1. The molecule has 0 radical (unpaired) electrons. The Morgan fingerprint density at radius 2 is 2.28 bits per heavy atom. The van der Waals surface area contributed by atoms with E-state index in [9.17, 15) is 4.79 Å². The number of hydrogen-bond donors (Lipinski definition) is 2. The first-order valence-electron chi connectivity index (χ1n) is 7.11. The summed E-state index contributed by atoms with van der Waals surface area (Å²) in [4.78, 5) is 18.0. The molecule has 0 saturated heterocycles. The Kier molecular flexibility index (Phi) is 4.79. The lowest BCUT2D eigenvalue weighted by molar-refractivity contribution is 0.312. The van der Waals surface area contributed by atoms with Crippen molar-refractivity contribution in [2.45, 2.75) is 51.9 Å². The van der Waals surface area contributed by atoms with Crippen LogP contribution in [0.1, 0.15) is 51.1 Å². The van der Waals surface area contributed by atoms with Crippen molar-refractivity contribution < 1.29 is 0 Å². The van der Waals surface area contributed by atoms with Crippen LogP contribution in [0.3, 0.4) is 0 Å². The Hall–Kier alpha value is -1.32. The fourth-order valence-electron chi connectivity index (χ4n) is 2.33. The molecule has 2 N–H and O–H groups in total. The minimum absolute atomic E-state index is 0.233. The van der Waals surface area contributed by atoms with Gasteiger partial charge < -0.3 is 10.3 Å². The van der Waals surface area contributed by atoms with E-state index in [1.54, 1.807) is 6.20 Å². The van der Waals surface area contributed by atoms with Gasteiger partial charge in [-0.05, 0) is 18.8 Å². The predicted molar refractivity (Wildman–Crippen MR) is 73.9 cm³/mol. The summed E-state index contributed by atoms with van der Waals surface area (Å²) in [6, 6.07) is 0. The lowest BCUT2D eigenvalue weighted by atomic mass is 9.82. The molecule has 1 aromatic rings. The molecule has 1 aliphatic carbocycles. The molecule has 0 aliphatic heterocycles. The van der Waals surface area contributed by atoms with Crippen molar-refractivity contribution in [1.29, 1.82) is 0 Å². The average molecular weight is 249 g/mol. The number of nitrogens with one attached hydrogen (secondary N) is 2. The van der Waals surface area contributed by atoms with Crippen molar-refractivity contribution in [1.82, 2.24) is 9.97 Å². The highest BCUT2D eigenvalue weighted by molar-refractivity contribution is 5.45. The number of aromatic nitrogens is 2. The third-order valence-electron chi connectivity index (χ3n) is 3.71. The van der Waals surface area contributed by atoms with Gasteiger partial charge in [-0.3, -0.25) is 0 Å². The average Bonchev–Trinajstić information content (AvgIpc) is 2.31. The van der Waals surface area contributed by atoms with Gasteiger partial charge in [-0.25, -0.2) is 4.79 Å². The van der Waals surface area contributed by atoms with E-state index in [0.717, 1.165) is 30.3 Å². The zero-order valence-corrected chi connectivity index (χ0v) is 11.2. The van der Waals surface area contributed by atoms with Crippen LogP contribution in [0.25, 0.3) is 0 Å². The Bertz CT molecular complexity index is 423. The fourth-order valence-corrected chi connectivity index (χ4v) is 2.33. The maximum atomic E-state index is 11.3. The Labute approximate surface area is 108 Å². The summed E-state index contributed by atoms with van der Waals surface area (Å²) >= 11 is 0. The van der Waals surface area contributed by atoms with Crippen LogP contribution in [0, 0.1) is 5.92 Å². The van der Waals surface area contributed by atoms with Crippen molar-refractivity contribution in [3.63, 3.8) is 0 Å². The van der Waals surface area contributed by atoms with Crippen LogP contribution in [0.2, 0.25) is 0 Å². The lowest BCUT2D eigenvalue weighted by Crippen LogP contribution is -2.21. The van der Waals surface area contributed by atoms with Gasteiger partial charge in [0, 0.05) is 12.2 Å². The summed E-state index contributed by atoms with van der Waals surface area (Å²) in [5.74, 6) is 0.749. The van der Waals surface area contributed by atoms with E-state index in [-0.39, 0.29) is 5.69 Å². The molecular weight excluding hydrogens is 226 g/mol. The molecule has 0 atom stereocenters. The first-order chi connectivity index (χ1) is 8.79. The van der Waals surface area contributed by atoms with E-state index < -0.39 is 0 Å². The van der Waals surface area contributed by atoms with Crippen LogP contribution in [-0.4, -0.2) is 16.5 Å². The van der Waals surface area contributed by atoms with Gasteiger partial charge in [0.05, 0.1) is 11.9 Å². The van der Waals surface area contributed by atoms with Crippen LogP contribution in [0.15, 0.2) is 11.0 Å². The third-order valence-corrected chi connectivity index (χ3v) is 3.71. The minimum Gasteiger partial charge on any atom is -0.382 e. The molecule has 1 aliphatic rings. The van der Waals surface area contributed by atoms with Crippen molar-refractivity contribution in [2.24, 2.45) is 5.92 Å². The number of hydrogen-bond acceptors (Lipinski definition) is 3. The van der Waals surface area contributed by atoms with Gasteiger partial charge in [0.15, 0.2) is 0 Å². The van der Waals surface area contributed by atoms with Crippen molar-refractivity contribution >= 4 is 5.69 Å². The summed E-state index contributed by atoms with van der Waals surface area (Å²) in [5.41, 5.74) is 1.82. The quantitative estimate of drug-likeness (QED) is 0.730. The molecule has 0 amide bonds. The summed E-state index contributed by atoms with van der Waals surface area (Å²) in [5, 5.41) is 3.40. The molecule has 18 heavy (non-hydrogen) atoms.